The van der Waals surface area contributed by atoms with Crippen LogP contribution in [0, 0.1) is 0 Å². The van der Waals surface area contributed by atoms with Crippen molar-refractivity contribution in [2.45, 2.75) is 0 Å². The van der Waals surface area contributed by atoms with Crippen molar-refractivity contribution in [2.75, 3.05) is 0 Å². The molecular formula is C82H46. The average molecular weight is 1030 g/mol. The molecule has 0 heteroatoms. The third-order valence-corrected chi connectivity index (χ3v) is 18.8. The summed E-state index contributed by atoms with van der Waals surface area (Å²) in [7, 11) is 0. The van der Waals surface area contributed by atoms with E-state index in [0.29, 0.717) is 0 Å². The highest BCUT2D eigenvalue weighted by Gasteiger charge is 2.33. The molecule has 0 N–H and O–H groups in total. The Labute approximate surface area is 472 Å². The first-order valence-corrected chi connectivity index (χ1v) is 28.7. The van der Waals surface area contributed by atoms with Gasteiger partial charge in [0.1, 0.15) is 0 Å². The first kappa shape index (κ1) is 44.2. The predicted octanol–water partition coefficient (Wildman–Crippen LogP) is 23.3. The molecule has 0 atom stereocenters. The fraction of sp³-hybridized carbons (Fsp3) is 0. The van der Waals surface area contributed by atoms with Crippen molar-refractivity contribution in [2.24, 2.45) is 0 Å². The molecule has 0 aliphatic heterocycles. The van der Waals surface area contributed by atoms with Gasteiger partial charge in [0.15, 0.2) is 0 Å². The van der Waals surface area contributed by atoms with E-state index in [-0.39, 0.29) is 0 Å². The van der Waals surface area contributed by atoms with Gasteiger partial charge in [-0.1, -0.05) is 279 Å². The van der Waals surface area contributed by atoms with Gasteiger partial charge in [-0.05, 0) is 196 Å². The van der Waals surface area contributed by atoms with E-state index in [1.807, 2.05) is 0 Å². The van der Waals surface area contributed by atoms with Crippen molar-refractivity contribution in [3.8, 4) is 66.8 Å². The van der Waals surface area contributed by atoms with E-state index in [1.165, 1.54) is 196 Å². The van der Waals surface area contributed by atoms with Crippen molar-refractivity contribution in [3.05, 3.63) is 279 Å². The Morgan fingerprint density at radius 3 is 0.549 bits per heavy atom. The van der Waals surface area contributed by atoms with Crippen LogP contribution in [0.4, 0.5) is 0 Å². The summed E-state index contributed by atoms with van der Waals surface area (Å²) in [6.07, 6.45) is 0. The molecule has 0 aliphatic rings. The van der Waals surface area contributed by atoms with Gasteiger partial charge < -0.3 is 0 Å². The Morgan fingerprint density at radius 2 is 0.317 bits per heavy atom. The molecule has 0 amide bonds. The maximum atomic E-state index is 2.46. The van der Waals surface area contributed by atoms with Gasteiger partial charge in [0, 0.05) is 0 Å². The zero-order valence-corrected chi connectivity index (χ0v) is 44.6. The summed E-state index contributed by atoms with van der Waals surface area (Å²) in [5, 5.41) is 30.5. The number of hydrogen-bond donors (Lipinski definition) is 0. The smallest absolute Gasteiger partial charge is 0.000740 e. The van der Waals surface area contributed by atoms with Gasteiger partial charge in [-0.3, -0.25) is 0 Å². The number of benzene rings is 19. The van der Waals surface area contributed by atoms with Gasteiger partial charge >= 0.3 is 0 Å². The van der Waals surface area contributed by atoms with Crippen LogP contribution in [0.1, 0.15) is 0 Å². The zero-order valence-electron chi connectivity index (χ0n) is 44.6. The van der Waals surface area contributed by atoms with E-state index in [0.717, 1.165) is 0 Å². The average Bonchev–Trinajstić information content (AvgIpc) is 1.44. The van der Waals surface area contributed by atoms with Gasteiger partial charge in [-0.2, -0.15) is 0 Å². The molecule has 0 aliphatic carbocycles. The lowest BCUT2D eigenvalue weighted by molar-refractivity contribution is 1.55. The predicted molar refractivity (Wildman–Crippen MR) is 354 cm³/mol. The van der Waals surface area contributed by atoms with Crippen molar-refractivity contribution in [1.82, 2.24) is 0 Å². The summed E-state index contributed by atoms with van der Waals surface area (Å²) in [5.74, 6) is 0. The van der Waals surface area contributed by atoms with E-state index >= 15 is 0 Å². The second-order valence-corrected chi connectivity index (χ2v) is 22.9. The molecule has 0 radical (unpaired) electrons. The molecule has 82 heavy (non-hydrogen) atoms. The van der Waals surface area contributed by atoms with E-state index in [2.05, 4.69) is 279 Å². The lowest BCUT2D eigenvalue weighted by Crippen LogP contribution is -2.04. The largest absolute Gasteiger partial charge is 0.0622 e. The van der Waals surface area contributed by atoms with Crippen LogP contribution in [0.2, 0.25) is 0 Å². The number of rotatable bonds is 6. The molecule has 374 valence electrons. The van der Waals surface area contributed by atoms with Crippen molar-refractivity contribution in [1.29, 1.82) is 0 Å². The van der Waals surface area contributed by atoms with E-state index in [9.17, 15) is 0 Å². The van der Waals surface area contributed by atoms with Crippen LogP contribution >= 0.6 is 0 Å². The van der Waals surface area contributed by atoms with Crippen LogP contribution in [0.3, 0.4) is 0 Å². The highest BCUT2D eigenvalue weighted by molar-refractivity contribution is 6.34. The Balaban J connectivity index is 1.12. The van der Waals surface area contributed by atoms with Crippen LogP contribution in [0.5, 0.6) is 0 Å². The second kappa shape index (κ2) is 16.5. The van der Waals surface area contributed by atoms with Gasteiger partial charge in [-0.25, -0.2) is 0 Å². The van der Waals surface area contributed by atoms with Crippen LogP contribution < -0.4 is 0 Å². The van der Waals surface area contributed by atoms with Crippen molar-refractivity contribution < 1.29 is 0 Å². The molecule has 0 unspecified atom stereocenters. The van der Waals surface area contributed by atoms with Crippen molar-refractivity contribution in [3.63, 3.8) is 0 Å². The molecule has 0 bridgehead atoms. The summed E-state index contributed by atoms with van der Waals surface area (Å²) >= 11 is 0. The molecule has 0 heterocycles. The minimum Gasteiger partial charge on any atom is -0.0622 e. The lowest BCUT2D eigenvalue weighted by atomic mass is 9.71. The highest BCUT2D eigenvalue weighted by atomic mass is 14.4. The normalized spacial score (nSPS) is 12.4. The first-order chi connectivity index (χ1) is 40.7. The zero-order chi connectivity index (χ0) is 53.3. The molecule has 0 fully saturated rings. The van der Waals surface area contributed by atoms with Gasteiger partial charge in [-0.15, -0.1) is 0 Å². The van der Waals surface area contributed by atoms with Gasteiger partial charge in [0.2, 0.25) is 0 Å². The summed E-state index contributed by atoms with van der Waals surface area (Å²) in [6, 6.07) is 107. The molecular weight excluding hydrogens is 985 g/mol. The maximum Gasteiger partial charge on any atom is -0.000740 e. The fourth-order valence-electron chi connectivity index (χ4n) is 15.4. The molecule has 19 aromatic rings. The molecule has 19 rings (SSSR count). The monoisotopic (exact) mass is 1030 g/mol. The van der Waals surface area contributed by atoms with E-state index in [1.54, 1.807) is 0 Å². The molecule has 0 aromatic heterocycles. The van der Waals surface area contributed by atoms with Crippen LogP contribution in [0.15, 0.2) is 279 Å². The third kappa shape index (κ3) is 5.95. The Hall–Kier alpha value is -10.7. The van der Waals surface area contributed by atoms with Crippen molar-refractivity contribution >= 4 is 129 Å². The van der Waals surface area contributed by atoms with Crippen LogP contribution in [0.25, 0.3) is 196 Å². The second-order valence-electron chi connectivity index (χ2n) is 22.9. The minimum absolute atomic E-state index is 1.17. The summed E-state index contributed by atoms with van der Waals surface area (Å²) in [6.45, 7) is 0. The SMILES string of the molecule is c1ccc(-c2c(-c3ccc4ccc5cccc6ccc3c4c56)c(-c3ccc4ccc5cccc6ccc3c4c56)c(-c3ccccc3)c(-c3ccc4ccc5cccc6ccc3c4c56)c2-c2ccc3ccc4cccc5ccc2c3c45)cc1. The Bertz CT molecular complexity index is 5100. The molecule has 0 saturated heterocycles. The van der Waals surface area contributed by atoms with Crippen LogP contribution in [-0.2, 0) is 0 Å². The maximum absolute atomic E-state index is 2.46. The minimum atomic E-state index is 1.17. The van der Waals surface area contributed by atoms with Crippen LogP contribution in [-0.4, -0.2) is 0 Å². The Kier molecular flexibility index (Phi) is 8.88. The van der Waals surface area contributed by atoms with E-state index in [4.69, 9.17) is 0 Å². The molecule has 0 saturated carbocycles. The first-order valence-electron chi connectivity index (χ1n) is 28.7. The summed E-state index contributed by atoms with van der Waals surface area (Å²) in [5.41, 5.74) is 14.5. The fourth-order valence-corrected chi connectivity index (χ4v) is 15.4. The van der Waals surface area contributed by atoms with Gasteiger partial charge in [0.05, 0.1) is 0 Å². The number of hydrogen-bond acceptors (Lipinski definition) is 0. The lowest BCUT2D eigenvalue weighted by Gasteiger charge is -2.31. The third-order valence-electron chi connectivity index (χ3n) is 18.8. The molecule has 0 nitrogen and oxygen atoms in total. The summed E-state index contributed by atoms with van der Waals surface area (Å²) < 4.78 is 0. The topological polar surface area (TPSA) is 0 Å². The standard InChI is InChI=1S/C82H46/c1-3-11-47(12-4-1)77-79(65-43-35-57-27-23-49-15-7-19-53-31-39-61(65)73(57)69(49)53)81(67-45-37-59-29-25-51-17-9-21-55-33-41-63(67)75(59)71(51)55)78(48-13-5-2-6-14-48)82(68-46-38-60-30-26-52-18-10-22-56-34-42-64(68)76(60)72(52)56)80(77)66-44-36-58-28-24-50-16-8-20-54-32-40-62(66)74(58)70(50)54/h1-46H. The molecule has 0 spiro atoms. The summed E-state index contributed by atoms with van der Waals surface area (Å²) in [4.78, 5) is 0. The van der Waals surface area contributed by atoms with Gasteiger partial charge in [0.25, 0.3) is 0 Å². The highest BCUT2D eigenvalue weighted by Crippen LogP contribution is 2.60. The Morgan fingerprint density at radius 1 is 0.122 bits per heavy atom. The van der Waals surface area contributed by atoms with E-state index < -0.39 is 0 Å². The molecule has 19 aromatic carbocycles. The quantitative estimate of drug-likeness (QED) is 0.146.